The predicted octanol–water partition coefficient (Wildman–Crippen LogP) is 3.71. The van der Waals surface area contributed by atoms with Crippen LogP contribution in [0, 0.1) is 9.39 Å². The van der Waals surface area contributed by atoms with Crippen LogP contribution in [0.4, 0.5) is 10.1 Å². The minimum absolute atomic E-state index is 0.154. The third-order valence-electron chi connectivity index (χ3n) is 2.57. The van der Waals surface area contributed by atoms with Crippen LogP contribution in [0.15, 0.2) is 48.5 Å². The van der Waals surface area contributed by atoms with Gasteiger partial charge in [0.1, 0.15) is 5.82 Å². The molecule has 2 aromatic rings. The van der Waals surface area contributed by atoms with Gasteiger partial charge in [-0.1, -0.05) is 12.1 Å². The van der Waals surface area contributed by atoms with Gasteiger partial charge in [-0.2, -0.15) is 0 Å². The normalized spacial score (nSPS) is 10.2. The fourth-order valence-corrected chi connectivity index (χ4v) is 2.16. The topological polar surface area (TPSA) is 20.3 Å². The van der Waals surface area contributed by atoms with E-state index in [1.54, 1.807) is 31.3 Å². The van der Waals surface area contributed by atoms with E-state index in [2.05, 4.69) is 22.6 Å². The second-order valence-electron chi connectivity index (χ2n) is 3.85. The molecule has 0 heterocycles. The average Bonchev–Trinajstić information content (AvgIpc) is 2.37. The van der Waals surface area contributed by atoms with Crippen molar-refractivity contribution in [2.24, 2.45) is 0 Å². The molecule has 2 nitrogen and oxygen atoms in total. The Morgan fingerprint density at radius 1 is 1.17 bits per heavy atom. The number of amides is 1. The highest BCUT2D eigenvalue weighted by Gasteiger charge is 2.13. The molecule has 1 amide bonds. The van der Waals surface area contributed by atoms with Gasteiger partial charge in [0.15, 0.2) is 0 Å². The van der Waals surface area contributed by atoms with Gasteiger partial charge in [-0.25, -0.2) is 4.39 Å². The Kier molecular flexibility index (Phi) is 3.96. The molecule has 18 heavy (non-hydrogen) atoms. The molecule has 0 unspecified atom stereocenters. The number of benzene rings is 2. The smallest absolute Gasteiger partial charge is 0.258 e. The summed E-state index contributed by atoms with van der Waals surface area (Å²) in [6.45, 7) is 0. The van der Waals surface area contributed by atoms with E-state index in [1.807, 2.05) is 12.1 Å². The SMILES string of the molecule is CN(C(=O)c1cccc(I)c1)c1cccc(F)c1. The van der Waals surface area contributed by atoms with E-state index < -0.39 is 0 Å². The number of halogens is 2. The van der Waals surface area contributed by atoms with E-state index in [0.717, 1.165) is 3.57 Å². The van der Waals surface area contributed by atoms with Gasteiger partial charge in [-0.15, -0.1) is 0 Å². The minimum Gasteiger partial charge on any atom is -0.311 e. The first kappa shape index (κ1) is 13.0. The maximum Gasteiger partial charge on any atom is 0.258 e. The average molecular weight is 355 g/mol. The number of nitrogens with zero attached hydrogens (tertiary/aromatic N) is 1. The van der Waals surface area contributed by atoms with Crippen LogP contribution in [0.1, 0.15) is 10.4 Å². The van der Waals surface area contributed by atoms with Crippen molar-refractivity contribution in [3.05, 3.63) is 63.5 Å². The fraction of sp³-hybridized carbons (Fsp3) is 0.0714. The summed E-state index contributed by atoms with van der Waals surface area (Å²) in [6, 6.07) is 13.3. The largest absolute Gasteiger partial charge is 0.311 e. The molecule has 0 aliphatic heterocycles. The van der Waals surface area contributed by atoms with E-state index in [1.165, 1.54) is 17.0 Å². The number of carbonyl (C=O) groups excluding carboxylic acids is 1. The molecule has 0 aromatic heterocycles. The van der Waals surface area contributed by atoms with E-state index in [0.29, 0.717) is 11.3 Å². The van der Waals surface area contributed by atoms with Crippen molar-refractivity contribution in [1.29, 1.82) is 0 Å². The summed E-state index contributed by atoms with van der Waals surface area (Å²) in [5.74, 6) is -0.506. The molecule has 0 aliphatic carbocycles. The molecule has 0 spiro atoms. The van der Waals surface area contributed by atoms with Gasteiger partial charge >= 0.3 is 0 Å². The van der Waals surface area contributed by atoms with E-state index >= 15 is 0 Å². The van der Waals surface area contributed by atoms with Crippen LogP contribution in [0.5, 0.6) is 0 Å². The lowest BCUT2D eigenvalue weighted by Crippen LogP contribution is -2.26. The molecule has 0 atom stereocenters. The van der Waals surface area contributed by atoms with Crippen LogP contribution in [0.3, 0.4) is 0 Å². The molecule has 0 N–H and O–H groups in total. The molecule has 0 radical (unpaired) electrons. The molecular formula is C14H11FINO. The molecule has 2 aromatic carbocycles. The summed E-state index contributed by atoms with van der Waals surface area (Å²) >= 11 is 2.15. The Bertz CT molecular complexity index is 586. The van der Waals surface area contributed by atoms with Crippen molar-refractivity contribution in [1.82, 2.24) is 0 Å². The molecule has 2 rings (SSSR count). The van der Waals surface area contributed by atoms with Gasteiger partial charge in [-0.05, 0) is 59.0 Å². The maximum absolute atomic E-state index is 13.1. The first-order valence-electron chi connectivity index (χ1n) is 5.37. The van der Waals surface area contributed by atoms with Gasteiger partial charge < -0.3 is 4.90 Å². The molecule has 4 heteroatoms. The highest BCUT2D eigenvalue weighted by atomic mass is 127. The van der Waals surface area contributed by atoms with Crippen molar-refractivity contribution in [3.63, 3.8) is 0 Å². The number of hydrogen-bond donors (Lipinski definition) is 0. The van der Waals surface area contributed by atoms with Crippen LogP contribution in [0.25, 0.3) is 0 Å². The standard InChI is InChI=1S/C14H11FINO/c1-17(13-7-3-5-11(15)9-13)14(18)10-4-2-6-12(16)8-10/h2-9H,1H3. The highest BCUT2D eigenvalue weighted by molar-refractivity contribution is 14.1. The Hall–Kier alpha value is -1.43. The molecule has 0 bridgehead atoms. The van der Waals surface area contributed by atoms with E-state index in [9.17, 15) is 9.18 Å². The second-order valence-corrected chi connectivity index (χ2v) is 5.10. The summed E-state index contributed by atoms with van der Waals surface area (Å²) in [7, 11) is 1.64. The van der Waals surface area contributed by atoms with E-state index in [4.69, 9.17) is 0 Å². The van der Waals surface area contributed by atoms with Gasteiger partial charge in [0.05, 0.1) is 0 Å². The Morgan fingerprint density at radius 3 is 2.56 bits per heavy atom. The van der Waals surface area contributed by atoms with Crippen molar-refractivity contribution in [3.8, 4) is 0 Å². The van der Waals surface area contributed by atoms with Crippen LogP contribution >= 0.6 is 22.6 Å². The molecule has 92 valence electrons. The van der Waals surface area contributed by atoms with E-state index in [-0.39, 0.29) is 11.7 Å². The van der Waals surface area contributed by atoms with Gasteiger partial charge in [-0.3, -0.25) is 4.79 Å². The zero-order valence-corrected chi connectivity index (χ0v) is 11.9. The van der Waals surface area contributed by atoms with Crippen molar-refractivity contribution in [2.45, 2.75) is 0 Å². The highest BCUT2D eigenvalue weighted by Crippen LogP contribution is 2.17. The molecule has 0 saturated carbocycles. The first-order chi connectivity index (χ1) is 8.58. The lowest BCUT2D eigenvalue weighted by Gasteiger charge is -2.17. The number of anilines is 1. The van der Waals surface area contributed by atoms with Crippen molar-refractivity contribution in [2.75, 3.05) is 11.9 Å². The van der Waals surface area contributed by atoms with Crippen molar-refractivity contribution < 1.29 is 9.18 Å². The van der Waals surface area contributed by atoms with Crippen LogP contribution in [-0.4, -0.2) is 13.0 Å². The summed E-state index contributed by atoms with van der Waals surface area (Å²) in [5, 5.41) is 0. The van der Waals surface area contributed by atoms with Gasteiger partial charge in [0.25, 0.3) is 5.91 Å². The first-order valence-corrected chi connectivity index (χ1v) is 6.45. The number of rotatable bonds is 2. The molecule has 0 saturated heterocycles. The van der Waals surface area contributed by atoms with Gasteiger partial charge in [0.2, 0.25) is 0 Å². The zero-order chi connectivity index (χ0) is 13.1. The summed E-state index contributed by atoms with van der Waals surface area (Å²) in [6.07, 6.45) is 0. The Morgan fingerprint density at radius 2 is 1.89 bits per heavy atom. The Labute approximate surface area is 119 Å². The lowest BCUT2D eigenvalue weighted by molar-refractivity contribution is 0.0993. The summed E-state index contributed by atoms with van der Waals surface area (Å²) in [5.41, 5.74) is 1.13. The monoisotopic (exact) mass is 355 g/mol. The third kappa shape index (κ3) is 2.87. The number of hydrogen-bond acceptors (Lipinski definition) is 1. The zero-order valence-electron chi connectivity index (χ0n) is 9.73. The Balaban J connectivity index is 2.29. The third-order valence-corrected chi connectivity index (χ3v) is 3.24. The maximum atomic E-state index is 13.1. The summed E-state index contributed by atoms with van der Waals surface area (Å²) < 4.78 is 14.1. The quantitative estimate of drug-likeness (QED) is 0.753. The summed E-state index contributed by atoms with van der Waals surface area (Å²) in [4.78, 5) is 13.6. The second kappa shape index (κ2) is 5.48. The molecule has 0 fully saturated rings. The van der Waals surface area contributed by atoms with Crippen LogP contribution in [0.2, 0.25) is 0 Å². The fourth-order valence-electron chi connectivity index (χ4n) is 1.62. The van der Waals surface area contributed by atoms with Crippen molar-refractivity contribution >= 4 is 34.2 Å². The van der Waals surface area contributed by atoms with Gasteiger partial charge in [0, 0.05) is 21.9 Å². The van der Waals surface area contributed by atoms with Crippen LogP contribution < -0.4 is 4.90 Å². The predicted molar refractivity (Wildman–Crippen MR) is 78.3 cm³/mol. The molecular weight excluding hydrogens is 344 g/mol. The molecule has 0 aliphatic rings. The minimum atomic E-state index is -0.352. The van der Waals surface area contributed by atoms with Crippen LogP contribution in [-0.2, 0) is 0 Å². The lowest BCUT2D eigenvalue weighted by atomic mass is 10.2. The number of carbonyl (C=O) groups is 1.